The smallest absolute Gasteiger partial charge is 0.223 e. The van der Waals surface area contributed by atoms with Gasteiger partial charge in [-0.3, -0.25) is 4.79 Å². The Bertz CT molecular complexity index is 656. The Morgan fingerprint density at radius 1 is 1.08 bits per heavy atom. The average molecular weight is 354 g/mol. The van der Waals surface area contributed by atoms with Gasteiger partial charge in [-0.15, -0.1) is 0 Å². The highest BCUT2D eigenvalue weighted by molar-refractivity contribution is 5.80. The highest BCUT2D eigenvalue weighted by Gasteiger charge is 2.47. The molecule has 1 atom stereocenters. The number of hydrogen-bond donors (Lipinski definition) is 0. The Balaban J connectivity index is 1.63. The summed E-state index contributed by atoms with van der Waals surface area (Å²) >= 11 is 0. The highest BCUT2D eigenvalue weighted by Crippen LogP contribution is 2.49. The molecule has 140 valence electrons. The Morgan fingerprint density at radius 2 is 1.81 bits per heavy atom. The third-order valence-electron chi connectivity index (χ3n) is 7.14. The molecule has 2 saturated carbocycles. The van der Waals surface area contributed by atoms with Crippen molar-refractivity contribution in [3.8, 4) is 0 Å². The minimum atomic E-state index is -0.172. The Hall–Kier alpha value is -1.64. The van der Waals surface area contributed by atoms with E-state index in [2.05, 4.69) is 23.1 Å². The van der Waals surface area contributed by atoms with Crippen LogP contribution in [-0.2, 0) is 15.1 Å². The molecule has 1 aliphatic heterocycles. The number of rotatable bonds is 4. The number of nitrogens with zero attached hydrogens (tertiary/aromatic N) is 1. The standard InChI is InChI=1S/C23H31NO2/c25-17-19-16-24(22(26)13-12-18-8-2-3-9-18)23(14-6-1-7-15-23)21-11-5-4-10-20(19)21/h4-5,10-11,17-19H,1-3,6-9,12-16H2. The van der Waals surface area contributed by atoms with Crippen molar-refractivity contribution in [1.29, 1.82) is 0 Å². The summed E-state index contributed by atoms with van der Waals surface area (Å²) in [6.45, 7) is 0.573. The molecule has 1 heterocycles. The van der Waals surface area contributed by atoms with Gasteiger partial charge >= 0.3 is 0 Å². The van der Waals surface area contributed by atoms with Gasteiger partial charge in [0.25, 0.3) is 0 Å². The maximum Gasteiger partial charge on any atom is 0.223 e. The molecule has 1 aromatic carbocycles. The fourth-order valence-electron chi connectivity index (χ4n) is 5.75. The molecule has 3 nitrogen and oxygen atoms in total. The lowest BCUT2D eigenvalue weighted by molar-refractivity contribution is -0.142. The molecular weight excluding hydrogens is 322 g/mol. The molecule has 1 spiro atoms. The lowest BCUT2D eigenvalue weighted by Gasteiger charge is -2.52. The first-order valence-electron chi connectivity index (χ1n) is 10.6. The quantitative estimate of drug-likeness (QED) is 0.719. The largest absolute Gasteiger partial charge is 0.332 e. The van der Waals surface area contributed by atoms with E-state index in [4.69, 9.17) is 0 Å². The van der Waals surface area contributed by atoms with Crippen molar-refractivity contribution >= 4 is 12.2 Å². The van der Waals surface area contributed by atoms with Crippen molar-refractivity contribution in [2.24, 2.45) is 5.92 Å². The first kappa shape index (κ1) is 17.8. The number of amides is 1. The lowest BCUT2D eigenvalue weighted by atomic mass is 9.69. The van der Waals surface area contributed by atoms with Crippen LogP contribution in [0.2, 0.25) is 0 Å². The van der Waals surface area contributed by atoms with E-state index >= 15 is 0 Å². The van der Waals surface area contributed by atoms with Crippen LogP contribution in [0.1, 0.15) is 87.7 Å². The summed E-state index contributed by atoms with van der Waals surface area (Å²) in [4.78, 5) is 27.2. The molecule has 26 heavy (non-hydrogen) atoms. The molecule has 0 aromatic heterocycles. The van der Waals surface area contributed by atoms with E-state index in [-0.39, 0.29) is 17.4 Å². The van der Waals surface area contributed by atoms with Crippen LogP contribution < -0.4 is 0 Å². The highest BCUT2D eigenvalue weighted by atomic mass is 16.2. The zero-order valence-electron chi connectivity index (χ0n) is 15.8. The van der Waals surface area contributed by atoms with E-state index in [0.717, 1.165) is 37.0 Å². The average Bonchev–Trinajstić information content (AvgIpc) is 3.21. The Morgan fingerprint density at radius 3 is 2.54 bits per heavy atom. The molecule has 0 bridgehead atoms. The minimum Gasteiger partial charge on any atom is -0.332 e. The molecule has 1 aromatic rings. The van der Waals surface area contributed by atoms with E-state index in [1.807, 2.05) is 6.07 Å². The Kier molecular flexibility index (Phi) is 5.15. The summed E-state index contributed by atoms with van der Waals surface area (Å²) in [7, 11) is 0. The van der Waals surface area contributed by atoms with E-state index in [1.165, 1.54) is 50.5 Å². The second kappa shape index (κ2) is 7.54. The summed E-state index contributed by atoms with van der Waals surface area (Å²) in [5.74, 6) is 0.842. The molecule has 0 saturated heterocycles. The van der Waals surface area contributed by atoms with E-state index < -0.39 is 0 Å². The van der Waals surface area contributed by atoms with Crippen LogP contribution in [0.25, 0.3) is 0 Å². The van der Waals surface area contributed by atoms with Crippen LogP contribution in [0.4, 0.5) is 0 Å². The summed E-state index contributed by atoms with van der Waals surface area (Å²) in [6.07, 6.45) is 13.7. The van der Waals surface area contributed by atoms with E-state index in [1.54, 1.807) is 0 Å². The number of benzene rings is 1. The molecule has 0 N–H and O–H groups in total. The zero-order valence-corrected chi connectivity index (χ0v) is 15.8. The van der Waals surface area contributed by atoms with Gasteiger partial charge in [-0.25, -0.2) is 0 Å². The number of hydrogen-bond acceptors (Lipinski definition) is 2. The molecular formula is C23H31NO2. The van der Waals surface area contributed by atoms with Crippen molar-refractivity contribution in [1.82, 2.24) is 4.90 Å². The molecule has 2 fully saturated rings. The van der Waals surface area contributed by atoms with Crippen molar-refractivity contribution in [2.45, 2.75) is 82.1 Å². The van der Waals surface area contributed by atoms with Gasteiger partial charge in [-0.2, -0.15) is 0 Å². The zero-order chi connectivity index (χ0) is 18.0. The van der Waals surface area contributed by atoms with Crippen LogP contribution in [0.3, 0.4) is 0 Å². The van der Waals surface area contributed by atoms with Crippen molar-refractivity contribution < 1.29 is 9.59 Å². The van der Waals surface area contributed by atoms with Gasteiger partial charge in [0.1, 0.15) is 6.29 Å². The summed E-state index contributed by atoms with van der Waals surface area (Å²) in [5.41, 5.74) is 2.24. The third-order valence-corrected chi connectivity index (χ3v) is 7.14. The summed E-state index contributed by atoms with van der Waals surface area (Å²) < 4.78 is 0. The van der Waals surface area contributed by atoms with Gasteiger partial charge in [-0.1, -0.05) is 69.2 Å². The van der Waals surface area contributed by atoms with E-state index in [9.17, 15) is 9.59 Å². The van der Waals surface area contributed by atoms with Gasteiger partial charge in [0.05, 0.1) is 11.5 Å². The lowest BCUT2D eigenvalue weighted by Crippen LogP contribution is -2.55. The van der Waals surface area contributed by atoms with Gasteiger partial charge in [0.2, 0.25) is 5.91 Å². The number of carbonyl (C=O) groups is 2. The first-order chi connectivity index (χ1) is 12.7. The fraction of sp³-hybridized carbons (Fsp3) is 0.652. The van der Waals surface area contributed by atoms with Crippen LogP contribution in [-0.4, -0.2) is 23.6 Å². The number of carbonyl (C=O) groups excluding carboxylic acids is 2. The van der Waals surface area contributed by atoms with Gasteiger partial charge in [-0.05, 0) is 36.3 Å². The molecule has 0 radical (unpaired) electrons. The molecule has 1 unspecified atom stereocenters. The van der Waals surface area contributed by atoms with Gasteiger partial charge in [0.15, 0.2) is 0 Å². The number of fused-ring (bicyclic) bond motifs is 2. The Labute approximate surface area is 157 Å². The first-order valence-corrected chi connectivity index (χ1v) is 10.6. The van der Waals surface area contributed by atoms with Crippen molar-refractivity contribution in [3.63, 3.8) is 0 Å². The summed E-state index contributed by atoms with van der Waals surface area (Å²) in [5, 5.41) is 0. The van der Waals surface area contributed by atoms with Gasteiger partial charge < -0.3 is 9.69 Å². The van der Waals surface area contributed by atoms with Crippen LogP contribution >= 0.6 is 0 Å². The monoisotopic (exact) mass is 353 g/mol. The molecule has 1 amide bonds. The third kappa shape index (κ3) is 3.10. The SMILES string of the molecule is O=CC1CN(C(=O)CCC2CCCC2)C2(CCCCC2)c2ccccc21. The van der Waals surface area contributed by atoms with Crippen LogP contribution in [0.15, 0.2) is 24.3 Å². The van der Waals surface area contributed by atoms with Gasteiger partial charge in [0, 0.05) is 13.0 Å². The van der Waals surface area contributed by atoms with Crippen LogP contribution in [0.5, 0.6) is 0 Å². The minimum absolute atomic E-state index is 0.166. The predicted molar refractivity (Wildman–Crippen MR) is 103 cm³/mol. The topological polar surface area (TPSA) is 37.4 Å². The normalized spacial score (nSPS) is 25.2. The summed E-state index contributed by atoms with van der Waals surface area (Å²) in [6, 6.07) is 8.38. The molecule has 3 heteroatoms. The van der Waals surface area contributed by atoms with Crippen LogP contribution in [0, 0.1) is 5.92 Å². The van der Waals surface area contributed by atoms with E-state index in [0.29, 0.717) is 13.0 Å². The maximum absolute atomic E-state index is 13.3. The fourth-order valence-corrected chi connectivity index (χ4v) is 5.75. The molecule has 2 aliphatic carbocycles. The molecule has 4 rings (SSSR count). The molecule has 3 aliphatic rings. The van der Waals surface area contributed by atoms with Crippen molar-refractivity contribution in [2.75, 3.05) is 6.54 Å². The maximum atomic E-state index is 13.3. The number of aldehydes is 1. The second-order valence-corrected chi connectivity index (χ2v) is 8.62. The predicted octanol–water partition coefficient (Wildman–Crippen LogP) is 4.94. The second-order valence-electron chi connectivity index (χ2n) is 8.62. The van der Waals surface area contributed by atoms with Crippen molar-refractivity contribution in [3.05, 3.63) is 35.4 Å².